The summed E-state index contributed by atoms with van der Waals surface area (Å²) in [6, 6.07) is 4.59. The second-order valence-electron chi connectivity index (χ2n) is 9.20. The van der Waals surface area contributed by atoms with E-state index in [-0.39, 0.29) is 6.10 Å². The summed E-state index contributed by atoms with van der Waals surface area (Å²) in [6.07, 6.45) is 11.5. The number of fused-ring (bicyclic) bond motifs is 1. The number of aromatic nitrogens is 4. The fourth-order valence-corrected chi connectivity index (χ4v) is 4.52. The van der Waals surface area contributed by atoms with Crippen molar-refractivity contribution < 1.29 is 9.47 Å². The predicted octanol–water partition coefficient (Wildman–Crippen LogP) is 4.18. The Kier molecular flexibility index (Phi) is 6.53. The molecule has 0 bridgehead atoms. The van der Waals surface area contributed by atoms with Gasteiger partial charge in [-0.15, -0.1) is 0 Å². The summed E-state index contributed by atoms with van der Waals surface area (Å²) in [5.41, 5.74) is 3.98. The van der Waals surface area contributed by atoms with E-state index >= 15 is 0 Å². The summed E-state index contributed by atoms with van der Waals surface area (Å²) in [5, 5.41) is 3.49. The average Bonchev–Trinajstić information content (AvgIpc) is 2.86. The molecule has 8 nitrogen and oxygen atoms in total. The lowest BCUT2D eigenvalue weighted by Crippen LogP contribution is -2.36. The van der Waals surface area contributed by atoms with Gasteiger partial charge in [-0.1, -0.05) is 13.8 Å². The van der Waals surface area contributed by atoms with Gasteiger partial charge in [0.2, 0.25) is 5.95 Å². The molecule has 2 fully saturated rings. The number of hydrogen-bond donors (Lipinski definition) is 1. The van der Waals surface area contributed by atoms with Crippen LogP contribution < -0.4 is 15.0 Å². The monoisotopic (exact) mass is 448 g/mol. The molecule has 1 aliphatic heterocycles. The summed E-state index contributed by atoms with van der Waals surface area (Å²) in [5.74, 6) is 1.98. The van der Waals surface area contributed by atoms with Crippen LogP contribution in [0.4, 0.5) is 11.6 Å². The maximum Gasteiger partial charge on any atom is 0.222 e. The summed E-state index contributed by atoms with van der Waals surface area (Å²) in [7, 11) is 0. The van der Waals surface area contributed by atoms with E-state index in [1.54, 1.807) is 12.4 Å². The van der Waals surface area contributed by atoms with Crippen molar-refractivity contribution in [2.75, 3.05) is 36.5 Å². The molecule has 1 saturated carbocycles. The second-order valence-corrected chi connectivity index (χ2v) is 9.20. The first-order valence-electron chi connectivity index (χ1n) is 12.0. The molecule has 0 radical (unpaired) electrons. The average molecular weight is 449 g/mol. The van der Waals surface area contributed by atoms with Gasteiger partial charge in [0.05, 0.1) is 24.8 Å². The Hall–Kier alpha value is -3.00. The van der Waals surface area contributed by atoms with E-state index in [1.165, 1.54) is 0 Å². The molecule has 0 spiro atoms. The molecule has 5 rings (SSSR count). The van der Waals surface area contributed by atoms with Crippen molar-refractivity contribution in [3.8, 4) is 5.75 Å². The van der Waals surface area contributed by atoms with Gasteiger partial charge < -0.3 is 19.7 Å². The van der Waals surface area contributed by atoms with Crippen molar-refractivity contribution in [1.82, 2.24) is 19.9 Å². The number of benzene rings is 1. The molecule has 1 aromatic carbocycles. The number of hydrogen-bond acceptors (Lipinski definition) is 8. The van der Waals surface area contributed by atoms with Gasteiger partial charge in [0.1, 0.15) is 11.3 Å². The van der Waals surface area contributed by atoms with E-state index in [0.717, 1.165) is 80.0 Å². The Morgan fingerprint density at radius 3 is 2.42 bits per heavy atom. The second kappa shape index (κ2) is 9.87. The molecule has 2 aromatic heterocycles. The number of anilines is 2. The third-order valence-electron chi connectivity index (χ3n) is 6.54. The normalized spacial score (nSPS) is 21.4. The maximum atomic E-state index is 6.52. The Morgan fingerprint density at radius 1 is 0.970 bits per heavy atom. The number of nitrogens with one attached hydrogen (secondary N) is 1. The van der Waals surface area contributed by atoms with Crippen LogP contribution in [0.3, 0.4) is 0 Å². The molecule has 3 heterocycles. The SMILES string of the molecule is CC(C)c1cnc(N[C@H]2CC[C@@H](Oc3cc(N4CCOCC4)cc4nccnc34)CC2)nc1. The van der Waals surface area contributed by atoms with Gasteiger partial charge in [-0.2, -0.15) is 0 Å². The van der Waals surface area contributed by atoms with Crippen molar-refractivity contribution in [3.63, 3.8) is 0 Å². The number of rotatable bonds is 6. The Bertz CT molecular complexity index is 1060. The molecule has 0 unspecified atom stereocenters. The highest BCUT2D eigenvalue weighted by Crippen LogP contribution is 2.33. The first-order valence-corrected chi connectivity index (χ1v) is 12.0. The third-order valence-corrected chi connectivity index (χ3v) is 6.54. The molecule has 8 heteroatoms. The van der Waals surface area contributed by atoms with E-state index in [9.17, 15) is 0 Å². The first kappa shape index (κ1) is 21.8. The van der Waals surface area contributed by atoms with Gasteiger partial charge in [0.25, 0.3) is 0 Å². The number of nitrogens with zero attached hydrogens (tertiary/aromatic N) is 5. The standard InChI is InChI=1S/C25H32N6O2/c1-17(2)18-15-28-25(29-16-18)30-19-3-5-21(6-4-19)33-23-14-20(31-9-11-32-12-10-31)13-22-24(23)27-8-7-26-22/h7-8,13-17,19,21H,3-6,9-12H2,1-2H3,(H,28,29,30)/t19-,21+. The van der Waals surface area contributed by atoms with Gasteiger partial charge in [0, 0.05) is 55.7 Å². The van der Waals surface area contributed by atoms with Crippen molar-refractivity contribution in [3.05, 3.63) is 42.5 Å². The minimum atomic E-state index is 0.164. The summed E-state index contributed by atoms with van der Waals surface area (Å²) >= 11 is 0. The van der Waals surface area contributed by atoms with Crippen molar-refractivity contribution in [2.24, 2.45) is 0 Å². The molecule has 1 N–H and O–H groups in total. The van der Waals surface area contributed by atoms with Crippen LogP contribution in [-0.2, 0) is 4.74 Å². The van der Waals surface area contributed by atoms with Gasteiger partial charge in [-0.3, -0.25) is 4.98 Å². The zero-order chi connectivity index (χ0) is 22.6. The molecule has 33 heavy (non-hydrogen) atoms. The van der Waals surface area contributed by atoms with Crippen molar-refractivity contribution >= 4 is 22.7 Å². The smallest absolute Gasteiger partial charge is 0.222 e. The van der Waals surface area contributed by atoms with Gasteiger partial charge in [0.15, 0.2) is 0 Å². The van der Waals surface area contributed by atoms with Crippen LogP contribution in [0.25, 0.3) is 11.0 Å². The molecule has 3 aromatic rings. The van der Waals surface area contributed by atoms with Gasteiger partial charge >= 0.3 is 0 Å². The minimum Gasteiger partial charge on any atom is -0.488 e. The quantitative estimate of drug-likeness (QED) is 0.601. The van der Waals surface area contributed by atoms with Gasteiger partial charge in [-0.25, -0.2) is 15.0 Å². The van der Waals surface area contributed by atoms with Crippen LogP contribution in [0, 0.1) is 0 Å². The molecule has 174 valence electrons. The van der Waals surface area contributed by atoms with Crippen molar-refractivity contribution in [2.45, 2.75) is 57.6 Å². The van der Waals surface area contributed by atoms with Crippen LogP contribution in [0.15, 0.2) is 36.9 Å². The van der Waals surface area contributed by atoms with Crippen LogP contribution in [0.5, 0.6) is 5.75 Å². The molecular weight excluding hydrogens is 416 g/mol. The molecule has 2 aliphatic rings. The highest BCUT2D eigenvalue weighted by Gasteiger charge is 2.24. The van der Waals surface area contributed by atoms with Crippen LogP contribution in [0.2, 0.25) is 0 Å². The first-order chi connectivity index (χ1) is 16.2. The lowest BCUT2D eigenvalue weighted by Gasteiger charge is -2.31. The van der Waals surface area contributed by atoms with Crippen LogP contribution >= 0.6 is 0 Å². The highest BCUT2D eigenvalue weighted by atomic mass is 16.5. The lowest BCUT2D eigenvalue weighted by atomic mass is 9.93. The topological polar surface area (TPSA) is 85.3 Å². The van der Waals surface area contributed by atoms with Crippen LogP contribution in [-0.4, -0.2) is 58.4 Å². The molecular formula is C25H32N6O2. The minimum absolute atomic E-state index is 0.164. The van der Waals surface area contributed by atoms with E-state index in [4.69, 9.17) is 9.47 Å². The summed E-state index contributed by atoms with van der Waals surface area (Å²) in [4.78, 5) is 20.4. The summed E-state index contributed by atoms with van der Waals surface area (Å²) in [6.45, 7) is 7.55. The molecule has 0 amide bonds. The number of morpholine rings is 1. The predicted molar refractivity (Wildman–Crippen MR) is 129 cm³/mol. The Morgan fingerprint density at radius 2 is 1.70 bits per heavy atom. The van der Waals surface area contributed by atoms with E-state index < -0.39 is 0 Å². The highest BCUT2D eigenvalue weighted by molar-refractivity contribution is 5.85. The van der Waals surface area contributed by atoms with E-state index in [2.05, 4.69) is 56.1 Å². The zero-order valence-corrected chi connectivity index (χ0v) is 19.4. The van der Waals surface area contributed by atoms with E-state index in [1.807, 2.05) is 12.4 Å². The molecule has 1 saturated heterocycles. The van der Waals surface area contributed by atoms with Crippen molar-refractivity contribution in [1.29, 1.82) is 0 Å². The number of ether oxygens (including phenoxy) is 2. The fraction of sp³-hybridized carbons (Fsp3) is 0.520. The third kappa shape index (κ3) is 5.16. The Balaban J connectivity index is 1.24. The molecule has 1 aliphatic carbocycles. The van der Waals surface area contributed by atoms with Gasteiger partial charge in [-0.05, 0) is 43.2 Å². The van der Waals surface area contributed by atoms with Crippen LogP contribution in [0.1, 0.15) is 51.0 Å². The maximum absolute atomic E-state index is 6.52. The zero-order valence-electron chi connectivity index (χ0n) is 19.4. The Labute approximate surface area is 194 Å². The lowest BCUT2D eigenvalue weighted by molar-refractivity contribution is 0.122. The molecule has 0 atom stereocenters. The van der Waals surface area contributed by atoms with E-state index in [0.29, 0.717) is 17.9 Å². The summed E-state index contributed by atoms with van der Waals surface area (Å²) < 4.78 is 12.0. The fourth-order valence-electron chi connectivity index (χ4n) is 4.52. The largest absolute Gasteiger partial charge is 0.488 e.